The van der Waals surface area contributed by atoms with E-state index in [0.29, 0.717) is 81.5 Å². The van der Waals surface area contributed by atoms with Crippen molar-refractivity contribution >= 4 is 76.4 Å². The number of carbonyl (C=O) groups excluding carboxylic acids is 8. The van der Waals surface area contributed by atoms with E-state index in [1.807, 2.05) is 63.9 Å². The van der Waals surface area contributed by atoms with Crippen molar-refractivity contribution < 1.29 is 38.4 Å². The van der Waals surface area contributed by atoms with Crippen LogP contribution in [0.3, 0.4) is 0 Å². The molecule has 556 valence electrons. The molecule has 1 fully saturated rings. The third-order valence-electron chi connectivity index (χ3n) is 14.0. The van der Waals surface area contributed by atoms with Gasteiger partial charge < -0.3 is 63.0 Å². The van der Waals surface area contributed by atoms with Crippen LogP contribution < -0.4 is 53.2 Å². The Labute approximate surface area is 596 Å². The van der Waals surface area contributed by atoms with Gasteiger partial charge in [-0.15, -0.1) is 0 Å². The van der Waals surface area contributed by atoms with Crippen molar-refractivity contribution in [3.8, 4) is 11.8 Å². The van der Waals surface area contributed by atoms with E-state index in [1.54, 1.807) is 46.0 Å². The maximum absolute atomic E-state index is 12.0. The molecule has 0 aromatic heterocycles. The summed E-state index contributed by atoms with van der Waals surface area (Å²) in [6.45, 7) is 42.1. The molecule has 0 aromatic carbocycles. The number of Topliss-reactive ketones (excluding diaryl/α,β-unsaturated/α-hetero) is 3. The maximum atomic E-state index is 12.0. The Balaban J connectivity index is 0.000000596. The Kier molecular flexibility index (Phi) is 45.2. The van der Waals surface area contributed by atoms with Crippen molar-refractivity contribution in [2.24, 2.45) is 41.8 Å². The van der Waals surface area contributed by atoms with Crippen molar-refractivity contribution in [2.75, 3.05) is 126 Å². The molecular weight excluding hydrogens is 1270 g/mol. The molecule has 7 aliphatic rings. The monoisotopic (exact) mass is 1390 g/mol. The number of amides is 4. The number of likely N-dealkylation sites (N-methyl/N-ethyl adjacent to an activating group) is 2. The minimum Gasteiger partial charge on any atom is -0.368 e. The molecule has 0 unspecified atom stereocenters. The van der Waals surface area contributed by atoms with E-state index in [1.165, 1.54) is 12.8 Å². The molecule has 7 rings (SSSR count). The Bertz CT molecular complexity index is 3130. The van der Waals surface area contributed by atoms with Gasteiger partial charge in [-0.1, -0.05) is 59.8 Å². The van der Waals surface area contributed by atoms with Gasteiger partial charge in [-0.2, -0.15) is 9.59 Å². The topological polar surface area (TPSA) is 341 Å². The lowest BCUT2D eigenvalue weighted by molar-refractivity contribution is -0.191. The molecule has 0 radical (unpaired) electrons. The fourth-order valence-corrected chi connectivity index (χ4v) is 9.13. The lowest BCUT2D eigenvalue weighted by atomic mass is 10.1. The zero-order valence-electron chi connectivity index (χ0n) is 63.7. The number of hydrogen-bond acceptors (Lipinski definition) is 22. The maximum Gasteiger partial charge on any atom is 0.373 e. The minimum absolute atomic E-state index is 0.0214. The number of amidine groups is 6. The van der Waals surface area contributed by atoms with Crippen LogP contribution in [0, 0.1) is 23.7 Å². The van der Waals surface area contributed by atoms with Gasteiger partial charge in [0.25, 0.3) is 5.91 Å². The fourth-order valence-electron chi connectivity index (χ4n) is 9.13. The lowest BCUT2D eigenvalue weighted by Crippen LogP contribution is -2.50. The second kappa shape index (κ2) is 50.6. The molecule has 0 aliphatic carbocycles. The molecule has 1 saturated heterocycles. The Hall–Kier alpha value is -8.70. The lowest BCUT2D eigenvalue weighted by Gasteiger charge is -2.27. The number of hydrogen-bond donors (Lipinski definition) is 10. The van der Waals surface area contributed by atoms with Gasteiger partial charge in [0, 0.05) is 130 Å². The van der Waals surface area contributed by atoms with Crippen LogP contribution in [-0.2, 0) is 33.6 Å². The molecule has 4 amide bonds. The molecule has 7 heterocycles. The van der Waals surface area contributed by atoms with Crippen LogP contribution in [-0.4, -0.2) is 248 Å². The number of rotatable bonds is 23. The predicted octanol–water partition coefficient (Wildman–Crippen LogP) is 4.50. The SMILES string of the molecule is CC(C)CNCC(=O)C1=CC(NC(C)C)=NC1.CC(C)NC1=NCC(C(=O)CNC(=O)C(C)C)=C1.CC(C)NC1=NCC(C(=O)N(C)C)=C1.CCCCC#CC1=CC(NC(C)C)=NC1.CCCN(C)CC(=O)C1=CC(NC(C)C)=NC1.CN=C1C=C(NC(=O)N2CCNCC2)CN1.O=C=O. The zero-order valence-corrected chi connectivity index (χ0v) is 63.7. The van der Waals surface area contributed by atoms with Crippen LogP contribution in [0.15, 0.2) is 100.0 Å². The van der Waals surface area contributed by atoms with Gasteiger partial charge in [-0.3, -0.25) is 58.8 Å². The van der Waals surface area contributed by atoms with Crippen molar-refractivity contribution in [3.05, 3.63) is 70.0 Å². The first-order valence-corrected chi connectivity index (χ1v) is 35.1. The fraction of sp³-hybridized carbons (Fsp3) is 0.630. The summed E-state index contributed by atoms with van der Waals surface area (Å²) in [6, 6.07) is 1.74. The van der Waals surface area contributed by atoms with E-state index in [2.05, 4.69) is 175 Å². The van der Waals surface area contributed by atoms with E-state index >= 15 is 0 Å². The van der Waals surface area contributed by atoms with Crippen LogP contribution in [0.4, 0.5) is 4.79 Å². The van der Waals surface area contributed by atoms with Crippen molar-refractivity contribution in [2.45, 2.75) is 167 Å². The molecule has 27 heteroatoms. The summed E-state index contributed by atoms with van der Waals surface area (Å²) in [4.78, 5) is 117. The number of urea groups is 1. The molecule has 0 spiro atoms. The molecule has 27 nitrogen and oxygen atoms in total. The molecule has 7 aliphatic heterocycles. The number of ketones is 3. The summed E-state index contributed by atoms with van der Waals surface area (Å²) in [6.07, 6.45) is 16.0. The van der Waals surface area contributed by atoms with Crippen molar-refractivity contribution in [1.29, 1.82) is 0 Å². The number of nitrogens with one attached hydrogen (secondary N) is 10. The third kappa shape index (κ3) is 40.4. The van der Waals surface area contributed by atoms with Crippen LogP contribution in [0.5, 0.6) is 0 Å². The van der Waals surface area contributed by atoms with Crippen LogP contribution in [0.2, 0.25) is 0 Å². The second-order valence-electron chi connectivity index (χ2n) is 26.7. The quantitative estimate of drug-likeness (QED) is 0.0497. The number of carbonyl (C=O) groups is 6. The first-order valence-electron chi connectivity index (χ1n) is 35.1. The number of nitrogens with zero attached hydrogens (tertiary/aromatic N) is 9. The van der Waals surface area contributed by atoms with Gasteiger partial charge >= 0.3 is 12.2 Å². The van der Waals surface area contributed by atoms with E-state index in [4.69, 9.17) is 9.59 Å². The summed E-state index contributed by atoms with van der Waals surface area (Å²) < 4.78 is 0. The van der Waals surface area contributed by atoms with Crippen LogP contribution in [0.25, 0.3) is 0 Å². The van der Waals surface area contributed by atoms with Gasteiger partial charge in [0.1, 0.15) is 35.0 Å². The predicted molar refractivity (Wildman–Crippen MR) is 405 cm³/mol. The van der Waals surface area contributed by atoms with Crippen molar-refractivity contribution in [3.63, 3.8) is 0 Å². The van der Waals surface area contributed by atoms with Crippen LogP contribution in [0.1, 0.15) is 136 Å². The van der Waals surface area contributed by atoms with Gasteiger partial charge in [-0.25, -0.2) is 4.79 Å². The van der Waals surface area contributed by atoms with Crippen LogP contribution >= 0.6 is 0 Å². The van der Waals surface area contributed by atoms with Gasteiger partial charge in [-0.05, 0) is 139 Å². The summed E-state index contributed by atoms with van der Waals surface area (Å²) in [5.74, 6) is 12.0. The highest BCUT2D eigenvalue weighted by atomic mass is 16.2. The summed E-state index contributed by atoms with van der Waals surface area (Å²) in [5, 5.41) is 31.0. The largest absolute Gasteiger partial charge is 0.373 e. The standard InChI is InChI=1S/C13H21N3O2.2C13H23N3O.C13H20N2.C10H17N5O.C10H17N3O.CO2/c1-8(2)13(18)15-7-11(17)10-5-12(14-6-10)16-9(3)4;1-9(2)6-14-8-12(17)11-5-13(15-7-11)16-10(3)4;1-5-6-16(4)9-12(17)11-7-13(14-8-11)15-10(2)3;1-4-5-6-7-8-12-9-13(14-10-12)15-11(2)3;1-11-9-6-8(7-13-9)14-10(16)15-4-2-12-3-5-15;1-7(2)12-9-5-8(6-11-9)10(14)13(3)4;2-1-3/h5,8-9H,6-7H2,1-4H3,(H,14,16)(H,15,18);5,9-10,14H,6-8H2,1-4H3,(H,15,16);7,10H,5-6,8-9H2,1-4H3,(H,14,15);9,11H,4-6,10H2,1-3H3,(H,14,15);6,12H,2-5,7H2,1H3,(H,11,13)(H,14,16);5,7H,6H2,1-4H3,(H,11,12);. The zero-order chi connectivity index (χ0) is 75.3. The summed E-state index contributed by atoms with van der Waals surface area (Å²) in [5.41, 5.74) is 5.01. The third-order valence-corrected chi connectivity index (χ3v) is 14.0. The highest BCUT2D eigenvalue weighted by Gasteiger charge is 2.22. The van der Waals surface area contributed by atoms with Gasteiger partial charge in [0.05, 0.1) is 58.9 Å². The second-order valence-corrected chi connectivity index (χ2v) is 26.7. The minimum atomic E-state index is -0.108. The van der Waals surface area contributed by atoms with E-state index in [-0.39, 0.29) is 59.9 Å². The highest BCUT2D eigenvalue weighted by Crippen LogP contribution is 2.11. The molecule has 10 N–H and O–H groups in total. The normalized spacial score (nSPS) is 15.8. The molecule has 100 heavy (non-hydrogen) atoms. The highest BCUT2D eigenvalue weighted by molar-refractivity contribution is 6.10. The number of piperazine rings is 1. The first kappa shape index (κ1) is 89.3. The van der Waals surface area contributed by atoms with Gasteiger partial charge in [0.2, 0.25) is 5.91 Å². The smallest absolute Gasteiger partial charge is 0.368 e. The summed E-state index contributed by atoms with van der Waals surface area (Å²) in [7, 11) is 7.19. The molecule has 0 bridgehead atoms. The number of unbranched alkanes of at least 4 members (excludes halogenated alkanes) is 2. The Morgan fingerprint density at radius 3 is 1.45 bits per heavy atom. The molecule has 0 saturated carbocycles. The molecule has 0 atom stereocenters. The van der Waals surface area contributed by atoms with Gasteiger partial charge in [0.15, 0.2) is 17.3 Å². The number of aliphatic imine (C=N–C) groups is 6. The Morgan fingerprint density at radius 1 is 0.590 bits per heavy atom. The van der Waals surface area contributed by atoms with E-state index in [9.17, 15) is 28.8 Å². The first-order chi connectivity index (χ1) is 47.3. The average Bonchev–Trinajstić information content (AvgIpc) is 1.76. The average molecular weight is 1390 g/mol. The Morgan fingerprint density at radius 2 is 1.03 bits per heavy atom. The van der Waals surface area contributed by atoms with E-state index < -0.39 is 0 Å². The molecule has 0 aromatic rings. The summed E-state index contributed by atoms with van der Waals surface area (Å²) >= 11 is 0. The molecular formula is C73H121N19O8. The van der Waals surface area contributed by atoms with E-state index in [0.717, 1.165) is 122 Å². The van der Waals surface area contributed by atoms with Crippen molar-refractivity contribution in [1.82, 2.24) is 67.9 Å².